The van der Waals surface area contributed by atoms with E-state index in [1.54, 1.807) is 45.0 Å². The van der Waals surface area contributed by atoms with Crippen LogP contribution in [-0.4, -0.2) is 11.8 Å². The molecule has 1 aliphatic rings. The van der Waals surface area contributed by atoms with Crippen molar-refractivity contribution in [1.29, 1.82) is 0 Å². The van der Waals surface area contributed by atoms with Crippen molar-refractivity contribution in [3.8, 4) is 0 Å². The first kappa shape index (κ1) is 13.1. The number of Topliss-reactive ketones (excluding diaryl/α,β-unsaturated/α-hetero) is 1. The van der Waals surface area contributed by atoms with E-state index in [0.29, 0.717) is 5.02 Å². The second kappa shape index (κ2) is 4.39. The van der Waals surface area contributed by atoms with E-state index in [4.69, 9.17) is 16.3 Å². The van der Waals surface area contributed by atoms with E-state index in [1.807, 2.05) is 0 Å². The van der Waals surface area contributed by atoms with Gasteiger partial charge in [-0.05, 0) is 38.5 Å². The second-order valence-electron chi connectivity index (χ2n) is 5.18. The van der Waals surface area contributed by atoms with Crippen molar-refractivity contribution in [2.75, 3.05) is 0 Å². The predicted molar refractivity (Wildman–Crippen MR) is 68.2 cm³/mol. The molecule has 1 aliphatic heterocycles. The lowest BCUT2D eigenvalue weighted by atomic mass is 9.73. The first-order valence-corrected chi connectivity index (χ1v) is 6.22. The van der Waals surface area contributed by atoms with Gasteiger partial charge in [-0.3, -0.25) is 9.59 Å². The summed E-state index contributed by atoms with van der Waals surface area (Å²) in [6.07, 6.45) is -0.550. The van der Waals surface area contributed by atoms with Crippen LogP contribution in [0.5, 0.6) is 0 Å². The number of ketones is 1. The van der Waals surface area contributed by atoms with Gasteiger partial charge in [0, 0.05) is 5.02 Å². The van der Waals surface area contributed by atoms with Crippen LogP contribution in [0.3, 0.4) is 0 Å². The smallest absolute Gasteiger partial charge is 0.316 e. The number of carbonyl (C=O) groups is 2. The normalized spacial score (nSPS) is 26.9. The molecule has 1 fully saturated rings. The minimum Gasteiger partial charge on any atom is -0.456 e. The number of hydrogen-bond donors (Lipinski definition) is 0. The van der Waals surface area contributed by atoms with Crippen LogP contribution < -0.4 is 0 Å². The highest BCUT2D eigenvalue weighted by atomic mass is 35.5. The van der Waals surface area contributed by atoms with Crippen molar-refractivity contribution in [3.05, 3.63) is 34.9 Å². The van der Waals surface area contributed by atoms with Gasteiger partial charge in [0.05, 0.1) is 5.41 Å². The van der Waals surface area contributed by atoms with Gasteiger partial charge in [-0.2, -0.15) is 0 Å². The highest BCUT2D eigenvalue weighted by Gasteiger charge is 2.49. The molecule has 1 heterocycles. The number of carbonyl (C=O) groups excluding carboxylic acids is 2. The summed E-state index contributed by atoms with van der Waals surface area (Å²) in [6, 6.07) is 7.02. The Morgan fingerprint density at radius 2 is 1.72 bits per heavy atom. The van der Waals surface area contributed by atoms with E-state index in [1.165, 1.54) is 0 Å². The van der Waals surface area contributed by atoms with Crippen molar-refractivity contribution in [3.63, 3.8) is 0 Å². The number of benzene rings is 1. The van der Waals surface area contributed by atoms with Crippen LogP contribution in [0, 0.1) is 11.3 Å². The van der Waals surface area contributed by atoms with E-state index in [-0.39, 0.29) is 5.78 Å². The molecular formula is C14H15ClO3. The Labute approximate surface area is 111 Å². The Balaban J connectivity index is 2.40. The molecule has 4 heteroatoms. The fourth-order valence-corrected chi connectivity index (χ4v) is 2.41. The van der Waals surface area contributed by atoms with Crippen molar-refractivity contribution in [2.45, 2.75) is 26.9 Å². The van der Waals surface area contributed by atoms with Gasteiger partial charge in [-0.15, -0.1) is 0 Å². The number of ether oxygens (including phenoxy) is 1. The van der Waals surface area contributed by atoms with Crippen molar-refractivity contribution in [1.82, 2.24) is 0 Å². The fraction of sp³-hybridized carbons (Fsp3) is 0.429. The number of halogens is 1. The third kappa shape index (κ3) is 2.03. The Bertz CT molecular complexity index is 490. The van der Waals surface area contributed by atoms with Gasteiger partial charge in [-0.25, -0.2) is 0 Å². The molecule has 18 heavy (non-hydrogen) atoms. The largest absolute Gasteiger partial charge is 0.456 e. The minimum atomic E-state index is -0.721. The van der Waals surface area contributed by atoms with Crippen LogP contribution in [0.1, 0.15) is 32.4 Å². The average molecular weight is 267 g/mol. The van der Waals surface area contributed by atoms with E-state index in [0.717, 1.165) is 5.56 Å². The SMILES string of the molecule is C[C@H]1C(=O)O[C@H](c2ccc(Cl)cc2)C(C)(C)C1=O. The Morgan fingerprint density at radius 3 is 2.28 bits per heavy atom. The summed E-state index contributed by atoms with van der Waals surface area (Å²) in [6.45, 7) is 5.19. The highest BCUT2D eigenvalue weighted by Crippen LogP contribution is 2.43. The summed E-state index contributed by atoms with van der Waals surface area (Å²) in [5, 5.41) is 0.610. The van der Waals surface area contributed by atoms with Gasteiger partial charge in [0.1, 0.15) is 12.0 Å². The summed E-state index contributed by atoms with van der Waals surface area (Å²) in [4.78, 5) is 23.9. The summed E-state index contributed by atoms with van der Waals surface area (Å²) in [7, 11) is 0. The zero-order chi connectivity index (χ0) is 13.5. The molecule has 2 atom stereocenters. The molecular weight excluding hydrogens is 252 g/mol. The van der Waals surface area contributed by atoms with Gasteiger partial charge >= 0.3 is 5.97 Å². The minimum absolute atomic E-state index is 0.0845. The number of rotatable bonds is 1. The molecule has 0 bridgehead atoms. The monoisotopic (exact) mass is 266 g/mol. The Kier molecular flexibility index (Phi) is 3.20. The van der Waals surface area contributed by atoms with Crippen molar-refractivity contribution >= 4 is 23.4 Å². The molecule has 0 aliphatic carbocycles. The van der Waals surface area contributed by atoms with Gasteiger partial charge in [0.15, 0.2) is 5.78 Å². The second-order valence-corrected chi connectivity index (χ2v) is 5.61. The molecule has 1 saturated heterocycles. The van der Waals surface area contributed by atoms with Crippen molar-refractivity contribution in [2.24, 2.45) is 11.3 Å². The van der Waals surface area contributed by atoms with E-state index in [2.05, 4.69) is 0 Å². The Hall–Kier alpha value is -1.35. The van der Waals surface area contributed by atoms with Crippen LogP contribution in [0.25, 0.3) is 0 Å². The molecule has 2 rings (SSSR count). The highest BCUT2D eigenvalue weighted by molar-refractivity contribution is 6.30. The lowest BCUT2D eigenvalue weighted by Gasteiger charge is -2.39. The molecule has 0 radical (unpaired) electrons. The molecule has 0 N–H and O–H groups in total. The average Bonchev–Trinajstić information content (AvgIpc) is 2.33. The molecule has 0 saturated carbocycles. The third-order valence-electron chi connectivity index (χ3n) is 3.44. The maximum atomic E-state index is 12.2. The van der Waals surface area contributed by atoms with Gasteiger partial charge in [0.2, 0.25) is 0 Å². The maximum absolute atomic E-state index is 12.2. The van der Waals surface area contributed by atoms with E-state index >= 15 is 0 Å². The quantitative estimate of drug-likeness (QED) is 0.579. The van der Waals surface area contributed by atoms with Crippen LogP contribution in [0.2, 0.25) is 5.02 Å². The first-order chi connectivity index (χ1) is 8.34. The molecule has 0 spiro atoms. The van der Waals surface area contributed by atoms with Crippen LogP contribution in [-0.2, 0) is 14.3 Å². The summed E-state index contributed by atoms with van der Waals surface area (Å²) >= 11 is 5.83. The molecule has 0 aromatic heterocycles. The lowest BCUT2D eigenvalue weighted by molar-refractivity contribution is -0.177. The van der Waals surface area contributed by atoms with E-state index in [9.17, 15) is 9.59 Å². The first-order valence-electron chi connectivity index (χ1n) is 5.84. The Morgan fingerprint density at radius 1 is 1.17 bits per heavy atom. The fourth-order valence-electron chi connectivity index (χ4n) is 2.28. The molecule has 3 nitrogen and oxygen atoms in total. The van der Waals surface area contributed by atoms with Gasteiger partial charge in [0.25, 0.3) is 0 Å². The molecule has 1 aromatic rings. The lowest BCUT2D eigenvalue weighted by Crippen LogP contribution is -2.46. The molecule has 96 valence electrons. The van der Waals surface area contributed by atoms with Crippen molar-refractivity contribution < 1.29 is 14.3 Å². The third-order valence-corrected chi connectivity index (χ3v) is 3.70. The van der Waals surface area contributed by atoms with Crippen LogP contribution in [0.15, 0.2) is 24.3 Å². The maximum Gasteiger partial charge on any atom is 0.316 e. The number of hydrogen-bond acceptors (Lipinski definition) is 3. The zero-order valence-electron chi connectivity index (χ0n) is 10.6. The topological polar surface area (TPSA) is 43.4 Å². The summed E-state index contributed by atoms with van der Waals surface area (Å²) in [5.74, 6) is -1.23. The molecule has 1 aromatic carbocycles. The number of cyclic esters (lactones) is 1. The van der Waals surface area contributed by atoms with Gasteiger partial charge in [-0.1, -0.05) is 23.7 Å². The van der Waals surface area contributed by atoms with Gasteiger partial charge < -0.3 is 4.74 Å². The summed E-state index contributed by atoms with van der Waals surface area (Å²) < 4.78 is 5.41. The summed E-state index contributed by atoms with van der Waals surface area (Å²) in [5.41, 5.74) is 0.0687. The molecule has 0 amide bonds. The zero-order valence-corrected chi connectivity index (χ0v) is 11.3. The standard InChI is InChI=1S/C14H15ClO3/c1-8-11(16)14(2,3)12(18-13(8)17)9-4-6-10(15)7-5-9/h4-8,12H,1-3H3/t8-,12-/m1/s1. The van der Waals surface area contributed by atoms with Crippen LogP contribution in [0.4, 0.5) is 0 Å². The predicted octanol–water partition coefficient (Wildman–Crippen LogP) is 3.17. The van der Waals surface area contributed by atoms with Crippen LogP contribution >= 0.6 is 11.6 Å². The number of esters is 1. The van der Waals surface area contributed by atoms with E-state index < -0.39 is 23.4 Å². The molecule has 0 unspecified atom stereocenters.